The fraction of sp³-hybridized carbons (Fsp3) is 0.0625. The van der Waals surface area contributed by atoms with Gasteiger partial charge in [0.1, 0.15) is 10.8 Å². The summed E-state index contributed by atoms with van der Waals surface area (Å²) in [6.45, 7) is 0. The van der Waals surface area contributed by atoms with E-state index in [9.17, 15) is 4.79 Å². The summed E-state index contributed by atoms with van der Waals surface area (Å²) in [6.07, 6.45) is 3.64. The molecule has 2 aromatic heterocycles. The van der Waals surface area contributed by atoms with Crippen molar-refractivity contribution in [1.29, 1.82) is 0 Å². The van der Waals surface area contributed by atoms with Crippen molar-refractivity contribution in [3.63, 3.8) is 0 Å². The van der Waals surface area contributed by atoms with Gasteiger partial charge in [0.25, 0.3) is 5.91 Å². The molecular weight excluding hydrogens is 367 g/mol. The third-order valence-electron chi connectivity index (χ3n) is 3.13. The van der Waals surface area contributed by atoms with Gasteiger partial charge < -0.3 is 9.88 Å². The van der Waals surface area contributed by atoms with Crippen LogP contribution in [0.1, 0.15) is 10.5 Å². The van der Waals surface area contributed by atoms with Crippen molar-refractivity contribution >= 4 is 46.6 Å². The molecule has 0 spiro atoms. The van der Waals surface area contributed by atoms with E-state index in [0.717, 1.165) is 10.1 Å². The molecule has 0 saturated carbocycles. The number of nitrogens with one attached hydrogen (secondary N) is 1. The van der Waals surface area contributed by atoms with Crippen LogP contribution in [0.5, 0.6) is 0 Å². The number of carbonyl (C=O) groups excluding carboxylic acids is 1. The average Bonchev–Trinajstić information content (AvgIpc) is 2.96. The first-order chi connectivity index (χ1) is 11.5. The number of rotatable bonds is 4. The largest absolute Gasteiger partial charge is 0.329 e. The molecule has 0 bridgehead atoms. The predicted octanol–water partition coefficient (Wildman–Crippen LogP) is 4.53. The summed E-state index contributed by atoms with van der Waals surface area (Å²) < 4.78 is 1.94. The minimum absolute atomic E-state index is 0.0932. The van der Waals surface area contributed by atoms with Crippen molar-refractivity contribution < 1.29 is 4.79 Å². The molecule has 0 aliphatic rings. The maximum Gasteiger partial charge on any atom is 0.275 e. The minimum Gasteiger partial charge on any atom is -0.329 e. The van der Waals surface area contributed by atoms with E-state index in [1.807, 2.05) is 42.1 Å². The lowest BCUT2D eigenvalue weighted by molar-refractivity contribution is 0.102. The fourth-order valence-corrected chi connectivity index (χ4v) is 3.07. The number of imidazole rings is 1. The van der Waals surface area contributed by atoms with E-state index in [4.69, 9.17) is 23.2 Å². The number of aromatic nitrogens is 3. The number of pyridine rings is 1. The van der Waals surface area contributed by atoms with Crippen LogP contribution in [-0.2, 0) is 7.05 Å². The van der Waals surface area contributed by atoms with Crippen LogP contribution in [0.2, 0.25) is 10.2 Å². The topological polar surface area (TPSA) is 59.8 Å². The molecular formula is C16H12Cl2N4OS. The highest BCUT2D eigenvalue weighted by Gasteiger charge is 2.13. The monoisotopic (exact) mass is 378 g/mol. The molecule has 2 heterocycles. The van der Waals surface area contributed by atoms with Crippen LogP contribution >= 0.6 is 35.0 Å². The smallest absolute Gasteiger partial charge is 0.275 e. The molecule has 5 nitrogen and oxygen atoms in total. The fourth-order valence-electron chi connectivity index (χ4n) is 1.93. The molecule has 1 amide bonds. The van der Waals surface area contributed by atoms with Crippen LogP contribution in [0, 0.1) is 0 Å². The van der Waals surface area contributed by atoms with Crippen molar-refractivity contribution in [2.24, 2.45) is 7.05 Å². The summed E-state index contributed by atoms with van der Waals surface area (Å²) in [7, 11) is 1.94. The molecule has 3 aromatic rings. The molecule has 0 unspecified atom stereocenters. The number of anilines is 1. The van der Waals surface area contributed by atoms with E-state index < -0.39 is 5.91 Å². The summed E-state index contributed by atoms with van der Waals surface area (Å²) in [6, 6.07) is 10.5. The van der Waals surface area contributed by atoms with Gasteiger partial charge in [-0.2, -0.15) is 0 Å². The number of hydrogen-bond donors (Lipinski definition) is 1. The number of hydrogen-bond acceptors (Lipinski definition) is 4. The number of aryl methyl sites for hydroxylation is 1. The van der Waals surface area contributed by atoms with E-state index in [-0.39, 0.29) is 15.9 Å². The Labute approximate surface area is 153 Å². The Morgan fingerprint density at radius 2 is 1.92 bits per heavy atom. The maximum absolute atomic E-state index is 12.2. The average molecular weight is 379 g/mol. The molecule has 24 heavy (non-hydrogen) atoms. The zero-order valence-electron chi connectivity index (χ0n) is 12.5. The molecule has 0 aliphatic heterocycles. The molecule has 8 heteroatoms. The second-order valence-corrected chi connectivity index (χ2v) is 6.70. The predicted molar refractivity (Wildman–Crippen MR) is 96.0 cm³/mol. The van der Waals surface area contributed by atoms with Crippen molar-refractivity contribution in [3.05, 3.63) is 64.7 Å². The van der Waals surface area contributed by atoms with Crippen molar-refractivity contribution in [2.45, 2.75) is 10.1 Å². The van der Waals surface area contributed by atoms with Crippen LogP contribution < -0.4 is 5.32 Å². The van der Waals surface area contributed by atoms with E-state index in [0.29, 0.717) is 5.69 Å². The lowest BCUT2D eigenvalue weighted by Gasteiger charge is -2.07. The second kappa shape index (κ2) is 7.25. The summed E-state index contributed by atoms with van der Waals surface area (Å²) in [4.78, 5) is 21.5. The van der Waals surface area contributed by atoms with Gasteiger partial charge in [-0.3, -0.25) is 4.79 Å². The summed E-state index contributed by atoms with van der Waals surface area (Å²) >= 11 is 13.3. The van der Waals surface area contributed by atoms with Gasteiger partial charge in [0.15, 0.2) is 5.16 Å². The van der Waals surface area contributed by atoms with Gasteiger partial charge in [-0.1, -0.05) is 35.0 Å². The van der Waals surface area contributed by atoms with E-state index in [2.05, 4.69) is 15.3 Å². The lowest BCUT2D eigenvalue weighted by Crippen LogP contribution is -2.14. The Bertz CT molecular complexity index is 880. The zero-order chi connectivity index (χ0) is 17.1. The number of halogens is 2. The Morgan fingerprint density at radius 3 is 2.58 bits per heavy atom. The number of amides is 1. The molecule has 122 valence electrons. The number of nitrogens with zero attached hydrogens (tertiary/aromatic N) is 3. The van der Waals surface area contributed by atoms with Crippen molar-refractivity contribution in [3.8, 4) is 0 Å². The van der Waals surface area contributed by atoms with E-state index in [1.54, 1.807) is 12.3 Å². The quantitative estimate of drug-likeness (QED) is 0.677. The van der Waals surface area contributed by atoms with Gasteiger partial charge in [0, 0.05) is 30.0 Å². The Morgan fingerprint density at radius 1 is 1.17 bits per heavy atom. The van der Waals surface area contributed by atoms with Crippen LogP contribution in [0.25, 0.3) is 0 Å². The maximum atomic E-state index is 12.2. The Balaban J connectivity index is 1.71. The second-order valence-electron chi connectivity index (χ2n) is 4.87. The van der Waals surface area contributed by atoms with E-state index in [1.165, 1.54) is 17.8 Å². The molecule has 0 radical (unpaired) electrons. The van der Waals surface area contributed by atoms with Gasteiger partial charge in [0.05, 0.1) is 5.02 Å². The Hall–Kier alpha value is -2.02. The van der Waals surface area contributed by atoms with Gasteiger partial charge >= 0.3 is 0 Å². The molecule has 1 aromatic carbocycles. The highest BCUT2D eigenvalue weighted by Crippen LogP contribution is 2.27. The van der Waals surface area contributed by atoms with Crippen molar-refractivity contribution in [2.75, 3.05) is 5.32 Å². The molecule has 0 aliphatic carbocycles. The van der Waals surface area contributed by atoms with Crippen LogP contribution in [0.4, 0.5) is 5.69 Å². The summed E-state index contributed by atoms with van der Waals surface area (Å²) in [5, 5.41) is 4.10. The number of benzene rings is 1. The first kappa shape index (κ1) is 16.8. The minimum atomic E-state index is -0.410. The van der Waals surface area contributed by atoms with Gasteiger partial charge in [0.2, 0.25) is 0 Å². The molecule has 0 atom stereocenters. The SMILES string of the molecule is Cn1ccnc1Sc1ccc(NC(=O)c2nc(Cl)ccc2Cl)cc1. The Kier molecular flexibility index (Phi) is 5.08. The van der Waals surface area contributed by atoms with Gasteiger partial charge in [-0.05, 0) is 36.4 Å². The molecule has 1 N–H and O–H groups in total. The first-order valence-corrected chi connectivity index (χ1v) is 8.49. The summed E-state index contributed by atoms with van der Waals surface area (Å²) in [5.41, 5.74) is 0.734. The van der Waals surface area contributed by atoms with E-state index >= 15 is 0 Å². The molecule has 0 saturated heterocycles. The molecule has 3 rings (SSSR count). The lowest BCUT2D eigenvalue weighted by atomic mass is 10.3. The van der Waals surface area contributed by atoms with Crippen LogP contribution in [-0.4, -0.2) is 20.4 Å². The van der Waals surface area contributed by atoms with Crippen molar-refractivity contribution in [1.82, 2.24) is 14.5 Å². The number of carbonyl (C=O) groups is 1. The zero-order valence-corrected chi connectivity index (χ0v) is 14.9. The first-order valence-electron chi connectivity index (χ1n) is 6.91. The standard InChI is InChI=1S/C16H12Cl2N4OS/c1-22-9-8-19-16(22)24-11-4-2-10(3-5-11)20-15(23)14-12(17)6-7-13(18)21-14/h2-9H,1H3,(H,20,23). The molecule has 0 fully saturated rings. The normalized spacial score (nSPS) is 10.6. The highest BCUT2D eigenvalue weighted by atomic mass is 35.5. The van der Waals surface area contributed by atoms with Crippen LogP contribution in [0.3, 0.4) is 0 Å². The third kappa shape index (κ3) is 3.90. The van der Waals surface area contributed by atoms with Crippen LogP contribution in [0.15, 0.2) is 58.8 Å². The van der Waals surface area contributed by atoms with Gasteiger partial charge in [-0.25, -0.2) is 9.97 Å². The summed E-state index contributed by atoms with van der Waals surface area (Å²) in [5.74, 6) is -0.410. The highest BCUT2D eigenvalue weighted by molar-refractivity contribution is 7.99. The van der Waals surface area contributed by atoms with Gasteiger partial charge in [-0.15, -0.1) is 0 Å². The third-order valence-corrected chi connectivity index (χ3v) is 4.72.